The van der Waals surface area contributed by atoms with Gasteiger partial charge in [-0.2, -0.15) is 0 Å². The van der Waals surface area contributed by atoms with E-state index in [9.17, 15) is 0 Å². The van der Waals surface area contributed by atoms with Crippen LogP contribution in [-0.2, 0) is 0 Å². The minimum atomic E-state index is 0.775. The Morgan fingerprint density at radius 2 is 1.71 bits per heavy atom. The molecule has 0 saturated heterocycles. The summed E-state index contributed by atoms with van der Waals surface area (Å²) in [6.07, 6.45) is 0. The summed E-state index contributed by atoms with van der Waals surface area (Å²) in [6.45, 7) is 6.19. The van der Waals surface area contributed by atoms with Crippen molar-refractivity contribution in [2.24, 2.45) is 0 Å². The zero-order valence-electron chi connectivity index (χ0n) is 10.7. The van der Waals surface area contributed by atoms with Gasteiger partial charge in [0.15, 0.2) is 5.82 Å². The molecule has 0 aliphatic carbocycles. The summed E-state index contributed by atoms with van der Waals surface area (Å²) in [5.74, 6) is 1.63. The Morgan fingerprint density at radius 3 is 2.35 bits per heavy atom. The van der Waals surface area contributed by atoms with Crippen LogP contribution in [-0.4, -0.2) is 17.0 Å². The number of aromatic nitrogens is 2. The number of hydrogen-bond acceptors (Lipinski definition) is 3. The summed E-state index contributed by atoms with van der Waals surface area (Å²) in [5.41, 5.74) is 4.58. The van der Waals surface area contributed by atoms with E-state index in [1.165, 1.54) is 11.1 Å². The molecule has 0 amide bonds. The lowest BCUT2D eigenvalue weighted by molar-refractivity contribution is 1.10. The lowest BCUT2D eigenvalue weighted by atomic mass is 10.1. The zero-order valence-corrected chi connectivity index (χ0v) is 10.7. The van der Waals surface area contributed by atoms with Gasteiger partial charge in [-0.25, -0.2) is 9.97 Å². The molecular formula is C14H17N3. The lowest BCUT2D eigenvalue weighted by Crippen LogP contribution is -1.98. The fraction of sp³-hybridized carbons (Fsp3) is 0.286. The molecule has 1 aromatic carbocycles. The second-order valence-electron chi connectivity index (χ2n) is 4.27. The van der Waals surface area contributed by atoms with E-state index in [-0.39, 0.29) is 0 Å². The summed E-state index contributed by atoms with van der Waals surface area (Å²) in [6, 6.07) is 8.24. The first kappa shape index (κ1) is 11.6. The van der Waals surface area contributed by atoms with Gasteiger partial charge in [-0.15, -0.1) is 0 Å². The highest BCUT2D eigenvalue weighted by Gasteiger charge is 2.05. The second kappa shape index (κ2) is 4.53. The molecule has 0 aliphatic rings. The third kappa shape index (κ3) is 2.44. The van der Waals surface area contributed by atoms with Crippen LogP contribution in [0.1, 0.15) is 16.8 Å². The Balaban J connectivity index is 2.52. The molecule has 0 bridgehead atoms. The highest BCUT2D eigenvalue weighted by Crippen LogP contribution is 2.20. The highest BCUT2D eigenvalue weighted by molar-refractivity contribution is 5.59. The van der Waals surface area contributed by atoms with Crippen molar-refractivity contribution in [3.8, 4) is 11.4 Å². The predicted octanol–water partition coefficient (Wildman–Crippen LogP) is 3.11. The molecule has 2 rings (SSSR count). The Kier molecular flexibility index (Phi) is 3.09. The van der Waals surface area contributed by atoms with E-state index in [1.807, 2.05) is 20.0 Å². The number of rotatable bonds is 2. The first-order valence-electron chi connectivity index (χ1n) is 5.71. The maximum absolute atomic E-state index is 4.47. The third-order valence-electron chi connectivity index (χ3n) is 2.88. The molecule has 0 atom stereocenters. The summed E-state index contributed by atoms with van der Waals surface area (Å²) in [4.78, 5) is 8.94. The average Bonchev–Trinajstić information content (AvgIpc) is 2.32. The van der Waals surface area contributed by atoms with E-state index in [0.29, 0.717) is 0 Å². The van der Waals surface area contributed by atoms with Crippen molar-refractivity contribution in [3.05, 3.63) is 41.1 Å². The van der Waals surface area contributed by atoms with Crippen molar-refractivity contribution in [2.75, 3.05) is 12.4 Å². The van der Waals surface area contributed by atoms with Gasteiger partial charge in [0.2, 0.25) is 0 Å². The van der Waals surface area contributed by atoms with Crippen molar-refractivity contribution in [2.45, 2.75) is 20.8 Å². The van der Waals surface area contributed by atoms with Gasteiger partial charge in [0.25, 0.3) is 0 Å². The highest BCUT2D eigenvalue weighted by atomic mass is 15.0. The van der Waals surface area contributed by atoms with Crippen LogP contribution in [0, 0.1) is 20.8 Å². The first-order chi connectivity index (χ1) is 8.10. The van der Waals surface area contributed by atoms with Crippen LogP contribution in [0.3, 0.4) is 0 Å². The summed E-state index contributed by atoms with van der Waals surface area (Å²) < 4.78 is 0. The maximum atomic E-state index is 4.47. The van der Waals surface area contributed by atoms with Gasteiger partial charge in [-0.1, -0.05) is 12.1 Å². The van der Waals surface area contributed by atoms with Crippen LogP contribution < -0.4 is 5.32 Å². The van der Waals surface area contributed by atoms with Gasteiger partial charge in [0.05, 0.1) is 0 Å². The normalized spacial score (nSPS) is 10.4. The van der Waals surface area contributed by atoms with Crippen molar-refractivity contribution >= 4 is 5.82 Å². The number of anilines is 1. The summed E-state index contributed by atoms with van der Waals surface area (Å²) >= 11 is 0. The quantitative estimate of drug-likeness (QED) is 0.856. The van der Waals surface area contributed by atoms with Crippen molar-refractivity contribution in [1.29, 1.82) is 0 Å². The van der Waals surface area contributed by atoms with E-state index in [4.69, 9.17) is 0 Å². The molecule has 3 nitrogen and oxygen atoms in total. The Hall–Kier alpha value is -1.90. The summed E-state index contributed by atoms with van der Waals surface area (Å²) in [5, 5.41) is 3.05. The number of nitrogens with one attached hydrogen (secondary N) is 1. The van der Waals surface area contributed by atoms with Gasteiger partial charge in [0, 0.05) is 24.4 Å². The Morgan fingerprint density at radius 1 is 0.941 bits per heavy atom. The topological polar surface area (TPSA) is 37.8 Å². The van der Waals surface area contributed by atoms with Crippen LogP contribution >= 0.6 is 0 Å². The molecule has 0 aliphatic heterocycles. The predicted molar refractivity (Wildman–Crippen MR) is 71.2 cm³/mol. The van der Waals surface area contributed by atoms with Gasteiger partial charge in [0.1, 0.15) is 5.82 Å². The molecule has 1 heterocycles. The van der Waals surface area contributed by atoms with E-state index in [1.54, 1.807) is 0 Å². The minimum Gasteiger partial charge on any atom is -0.373 e. The van der Waals surface area contributed by atoms with E-state index < -0.39 is 0 Å². The molecule has 3 heteroatoms. The smallest absolute Gasteiger partial charge is 0.161 e. The van der Waals surface area contributed by atoms with Crippen molar-refractivity contribution < 1.29 is 0 Å². The molecule has 0 fully saturated rings. The number of benzene rings is 1. The maximum Gasteiger partial charge on any atom is 0.161 e. The molecule has 88 valence electrons. The molecule has 0 spiro atoms. The molecule has 1 N–H and O–H groups in total. The fourth-order valence-corrected chi connectivity index (χ4v) is 1.71. The fourth-order valence-electron chi connectivity index (χ4n) is 1.71. The van der Waals surface area contributed by atoms with E-state index in [0.717, 1.165) is 22.9 Å². The van der Waals surface area contributed by atoms with Crippen molar-refractivity contribution in [3.63, 3.8) is 0 Å². The molecule has 1 aromatic heterocycles. The Labute approximate surface area is 102 Å². The van der Waals surface area contributed by atoms with Gasteiger partial charge < -0.3 is 5.32 Å². The molecule has 0 radical (unpaired) electrons. The minimum absolute atomic E-state index is 0.775. The van der Waals surface area contributed by atoms with E-state index >= 15 is 0 Å². The van der Waals surface area contributed by atoms with Crippen molar-refractivity contribution in [1.82, 2.24) is 9.97 Å². The zero-order chi connectivity index (χ0) is 12.4. The van der Waals surface area contributed by atoms with Gasteiger partial charge in [-0.3, -0.25) is 0 Å². The summed E-state index contributed by atoms with van der Waals surface area (Å²) in [7, 11) is 1.87. The molecule has 0 saturated carbocycles. The van der Waals surface area contributed by atoms with Crippen LogP contribution in [0.5, 0.6) is 0 Å². The number of aryl methyl sites for hydroxylation is 3. The SMILES string of the molecule is CNc1cc(C)nc(-c2ccc(C)c(C)c2)n1. The monoisotopic (exact) mass is 227 g/mol. The van der Waals surface area contributed by atoms with Crippen LogP contribution in [0.4, 0.5) is 5.82 Å². The standard InChI is InChI=1S/C14H17N3/c1-9-5-6-12(7-10(9)2)14-16-11(3)8-13(15-4)17-14/h5-8H,1-4H3,(H,15,16,17). The largest absolute Gasteiger partial charge is 0.373 e. The molecule has 17 heavy (non-hydrogen) atoms. The van der Waals surface area contributed by atoms with Gasteiger partial charge in [-0.05, 0) is 38.0 Å². The van der Waals surface area contributed by atoms with E-state index in [2.05, 4.69) is 47.3 Å². The first-order valence-corrected chi connectivity index (χ1v) is 5.71. The molecular weight excluding hydrogens is 210 g/mol. The van der Waals surface area contributed by atoms with Crippen LogP contribution in [0.15, 0.2) is 24.3 Å². The lowest BCUT2D eigenvalue weighted by Gasteiger charge is -2.07. The Bertz CT molecular complexity index is 547. The van der Waals surface area contributed by atoms with Crippen LogP contribution in [0.25, 0.3) is 11.4 Å². The number of hydrogen-bond donors (Lipinski definition) is 1. The molecule has 2 aromatic rings. The average molecular weight is 227 g/mol. The second-order valence-corrected chi connectivity index (χ2v) is 4.27. The number of nitrogens with zero attached hydrogens (tertiary/aromatic N) is 2. The third-order valence-corrected chi connectivity index (χ3v) is 2.88. The van der Waals surface area contributed by atoms with Crippen LogP contribution in [0.2, 0.25) is 0 Å². The van der Waals surface area contributed by atoms with Gasteiger partial charge >= 0.3 is 0 Å². The molecule has 0 unspecified atom stereocenters.